The van der Waals surface area contributed by atoms with Gasteiger partial charge in [-0.1, -0.05) is 11.6 Å². The minimum atomic E-state index is -0.453. The van der Waals surface area contributed by atoms with Gasteiger partial charge in [0.15, 0.2) is 0 Å². The largest absolute Gasteiger partial charge is 0.375 e. The lowest BCUT2D eigenvalue weighted by Gasteiger charge is -2.06. The Kier molecular flexibility index (Phi) is 3.45. The van der Waals surface area contributed by atoms with E-state index in [1.165, 1.54) is 6.07 Å². The molecule has 21 heavy (non-hydrogen) atoms. The van der Waals surface area contributed by atoms with E-state index in [-0.39, 0.29) is 5.69 Å². The zero-order chi connectivity index (χ0) is 14.8. The highest BCUT2D eigenvalue weighted by molar-refractivity contribution is 6.30. The molecule has 0 fully saturated rings. The number of aromatic amines is 1. The maximum atomic E-state index is 11.0. The molecule has 0 aliphatic rings. The van der Waals surface area contributed by atoms with Gasteiger partial charge in [0.1, 0.15) is 11.3 Å². The lowest BCUT2D eigenvalue weighted by atomic mass is 10.2. The average molecular weight is 303 g/mol. The molecule has 2 N–H and O–H groups in total. The maximum Gasteiger partial charge on any atom is 0.293 e. The van der Waals surface area contributed by atoms with Gasteiger partial charge in [-0.2, -0.15) is 0 Å². The van der Waals surface area contributed by atoms with Crippen LogP contribution in [0.2, 0.25) is 5.02 Å². The van der Waals surface area contributed by atoms with Crippen molar-refractivity contribution < 1.29 is 4.92 Å². The molecule has 0 spiro atoms. The van der Waals surface area contributed by atoms with E-state index in [1.807, 2.05) is 18.3 Å². The zero-order valence-electron chi connectivity index (χ0n) is 10.8. The van der Waals surface area contributed by atoms with Gasteiger partial charge in [0, 0.05) is 35.4 Å². The standard InChI is InChI=1S/C14H11ClN4O2/c15-10-3-4-12(13(6-10)19(20)21)17-7-9-8-18-14-11(9)2-1-5-16-14/h1-6,8,17H,7H2,(H,16,18). The van der Waals surface area contributed by atoms with E-state index in [1.54, 1.807) is 18.3 Å². The SMILES string of the molecule is O=[N+]([O-])c1cc(Cl)ccc1NCc1c[nH]c2ncccc12. The zero-order valence-corrected chi connectivity index (χ0v) is 11.6. The fourth-order valence-corrected chi connectivity index (χ4v) is 2.32. The number of nitro groups is 1. The Morgan fingerprint density at radius 2 is 2.24 bits per heavy atom. The van der Waals surface area contributed by atoms with E-state index in [0.29, 0.717) is 17.3 Å². The average Bonchev–Trinajstić information content (AvgIpc) is 2.89. The van der Waals surface area contributed by atoms with Crippen molar-refractivity contribution in [3.63, 3.8) is 0 Å². The Morgan fingerprint density at radius 3 is 3.05 bits per heavy atom. The molecule has 2 aromatic heterocycles. The van der Waals surface area contributed by atoms with Crippen molar-refractivity contribution >= 4 is 34.0 Å². The second kappa shape index (κ2) is 5.41. The fourth-order valence-electron chi connectivity index (χ4n) is 2.15. The third kappa shape index (κ3) is 2.66. The molecule has 0 bridgehead atoms. The molecule has 6 nitrogen and oxygen atoms in total. The highest BCUT2D eigenvalue weighted by Gasteiger charge is 2.14. The number of nitrogens with one attached hydrogen (secondary N) is 2. The monoisotopic (exact) mass is 302 g/mol. The van der Waals surface area contributed by atoms with Gasteiger partial charge in [0.25, 0.3) is 5.69 Å². The number of anilines is 1. The maximum absolute atomic E-state index is 11.0. The van der Waals surface area contributed by atoms with Crippen molar-refractivity contribution in [3.8, 4) is 0 Å². The number of benzene rings is 1. The minimum Gasteiger partial charge on any atom is -0.375 e. The normalized spacial score (nSPS) is 10.7. The second-order valence-electron chi connectivity index (χ2n) is 4.49. The Bertz CT molecular complexity index is 816. The van der Waals surface area contributed by atoms with Crippen LogP contribution in [0.4, 0.5) is 11.4 Å². The fraction of sp³-hybridized carbons (Fsp3) is 0.0714. The van der Waals surface area contributed by atoms with Gasteiger partial charge in [-0.25, -0.2) is 4.98 Å². The van der Waals surface area contributed by atoms with Gasteiger partial charge in [0.05, 0.1) is 4.92 Å². The van der Waals surface area contributed by atoms with Crippen molar-refractivity contribution in [2.75, 3.05) is 5.32 Å². The number of H-pyrrole nitrogens is 1. The van der Waals surface area contributed by atoms with Crippen molar-refractivity contribution in [1.82, 2.24) is 9.97 Å². The lowest BCUT2D eigenvalue weighted by Crippen LogP contribution is -2.02. The number of hydrogen-bond donors (Lipinski definition) is 2. The Hall–Kier alpha value is -2.60. The number of nitro benzene ring substituents is 1. The van der Waals surface area contributed by atoms with Crippen LogP contribution >= 0.6 is 11.6 Å². The van der Waals surface area contributed by atoms with Crippen LogP contribution in [0.25, 0.3) is 11.0 Å². The highest BCUT2D eigenvalue weighted by atomic mass is 35.5. The smallest absolute Gasteiger partial charge is 0.293 e. The van der Waals surface area contributed by atoms with Crippen LogP contribution in [-0.4, -0.2) is 14.9 Å². The number of rotatable bonds is 4. The van der Waals surface area contributed by atoms with Crippen LogP contribution in [0.1, 0.15) is 5.56 Å². The number of hydrogen-bond acceptors (Lipinski definition) is 4. The molecule has 0 atom stereocenters. The third-order valence-corrected chi connectivity index (χ3v) is 3.40. The van der Waals surface area contributed by atoms with Gasteiger partial charge in [0.2, 0.25) is 0 Å². The molecular weight excluding hydrogens is 292 g/mol. The van der Waals surface area contributed by atoms with Crippen LogP contribution in [-0.2, 0) is 6.54 Å². The first kappa shape index (κ1) is 13.4. The van der Waals surface area contributed by atoms with Crippen LogP contribution in [0, 0.1) is 10.1 Å². The van der Waals surface area contributed by atoms with Crippen molar-refractivity contribution in [2.45, 2.75) is 6.54 Å². The number of aromatic nitrogens is 2. The highest BCUT2D eigenvalue weighted by Crippen LogP contribution is 2.28. The van der Waals surface area contributed by atoms with Gasteiger partial charge >= 0.3 is 0 Å². The molecule has 7 heteroatoms. The summed E-state index contributed by atoms with van der Waals surface area (Å²) in [5.41, 5.74) is 2.17. The summed E-state index contributed by atoms with van der Waals surface area (Å²) in [6, 6.07) is 8.36. The molecule has 0 aliphatic heterocycles. The predicted octanol–water partition coefficient (Wildman–Crippen LogP) is 3.74. The second-order valence-corrected chi connectivity index (χ2v) is 4.92. The van der Waals surface area contributed by atoms with Crippen LogP contribution in [0.5, 0.6) is 0 Å². The predicted molar refractivity (Wildman–Crippen MR) is 81.5 cm³/mol. The topological polar surface area (TPSA) is 83.9 Å². The van der Waals surface area contributed by atoms with E-state index in [2.05, 4.69) is 15.3 Å². The number of nitrogens with zero attached hydrogens (tertiary/aromatic N) is 2. The molecule has 106 valence electrons. The van der Waals surface area contributed by atoms with E-state index in [0.717, 1.165) is 16.6 Å². The van der Waals surface area contributed by atoms with Crippen molar-refractivity contribution in [3.05, 3.63) is 63.4 Å². The third-order valence-electron chi connectivity index (χ3n) is 3.16. The number of halogens is 1. The number of pyridine rings is 1. The Morgan fingerprint density at radius 1 is 1.38 bits per heavy atom. The first-order chi connectivity index (χ1) is 10.1. The Balaban J connectivity index is 1.87. The molecule has 1 aromatic carbocycles. The van der Waals surface area contributed by atoms with Crippen molar-refractivity contribution in [1.29, 1.82) is 0 Å². The summed E-state index contributed by atoms with van der Waals surface area (Å²) < 4.78 is 0. The van der Waals surface area contributed by atoms with E-state index < -0.39 is 4.92 Å². The lowest BCUT2D eigenvalue weighted by molar-refractivity contribution is -0.383. The van der Waals surface area contributed by atoms with E-state index in [9.17, 15) is 10.1 Å². The first-order valence-electron chi connectivity index (χ1n) is 6.24. The summed E-state index contributed by atoms with van der Waals surface area (Å²) >= 11 is 5.79. The van der Waals surface area contributed by atoms with Gasteiger partial charge in [-0.3, -0.25) is 10.1 Å². The molecule has 0 unspecified atom stereocenters. The summed E-state index contributed by atoms with van der Waals surface area (Å²) in [4.78, 5) is 17.9. The molecule has 3 aromatic rings. The first-order valence-corrected chi connectivity index (χ1v) is 6.62. The van der Waals surface area contributed by atoms with Gasteiger partial charge in [-0.05, 0) is 29.8 Å². The van der Waals surface area contributed by atoms with Crippen LogP contribution in [0.3, 0.4) is 0 Å². The summed E-state index contributed by atoms with van der Waals surface area (Å²) in [5, 5.41) is 15.4. The molecule has 0 aliphatic carbocycles. The molecule has 0 radical (unpaired) electrons. The molecule has 3 rings (SSSR count). The Labute approximate surface area is 124 Å². The summed E-state index contributed by atoms with van der Waals surface area (Å²) in [5.74, 6) is 0. The molecule has 0 amide bonds. The molecule has 0 saturated heterocycles. The van der Waals surface area contributed by atoms with Crippen LogP contribution in [0.15, 0.2) is 42.7 Å². The van der Waals surface area contributed by atoms with Gasteiger partial charge < -0.3 is 10.3 Å². The van der Waals surface area contributed by atoms with Crippen LogP contribution < -0.4 is 5.32 Å². The molecule has 0 saturated carbocycles. The van der Waals surface area contributed by atoms with E-state index >= 15 is 0 Å². The van der Waals surface area contributed by atoms with E-state index in [4.69, 9.17) is 11.6 Å². The van der Waals surface area contributed by atoms with Gasteiger partial charge in [-0.15, -0.1) is 0 Å². The molecule has 2 heterocycles. The summed E-state index contributed by atoms with van der Waals surface area (Å²) in [6.07, 6.45) is 3.55. The molecular formula is C14H11ClN4O2. The number of fused-ring (bicyclic) bond motifs is 1. The minimum absolute atomic E-state index is 0.0412. The summed E-state index contributed by atoms with van der Waals surface area (Å²) in [7, 11) is 0. The quantitative estimate of drug-likeness (QED) is 0.568. The summed E-state index contributed by atoms with van der Waals surface area (Å²) in [6.45, 7) is 0.453. The van der Waals surface area contributed by atoms with Crippen molar-refractivity contribution in [2.24, 2.45) is 0 Å².